The molecule has 0 aliphatic heterocycles. The summed E-state index contributed by atoms with van der Waals surface area (Å²) >= 11 is 0. The molecule has 0 aliphatic carbocycles. The lowest BCUT2D eigenvalue weighted by atomic mass is 9.87. The molecule has 8 aromatic carbocycles. The summed E-state index contributed by atoms with van der Waals surface area (Å²) in [6, 6.07) is 53.7. The molecule has 1 aromatic heterocycles. The summed E-state index contributed by atoms with van der Waals surface area (Å²) in [6.07, 6.45) is 3.86. The van der Waals surface area contributed by atoms with Gasteiger partial charge >= 0.3 is 0 Å². The lowest BCUT2D eigenvalue weighted by molar-refractivity contribution is 0.501. The first-order valence-electron chi connectivity index (χ1n) is 15.3. The highest BCUT2D eigenvalue weighted by Crippen LogP contribution is 2.49. The Labute approximate surface area is 260 Å². The molecule has 0 N–H and O–H groups in total. The third kappa shape index (κ3) is 4.07. The summed E-state index contributed by atoms with van der Waals surface area (Å²) in [4.78, 5) is 4.66. The summed E-state index contributed by atoms with van der Waals surface area (Å²) in [5.74, 6) is 1.69. The third-order valence-electron chi connectivity index (χ3n) is 8.98. The van der Waals surface area contributed by atoms with Crippen molar-refractivity contribution in [1.29, 1.82) is 0 Å². The van der Waals surface area contributed by atoms with Gasteiger partial charge in [-0.1, -0.05) is 133 Å². The van der Waals surface area contributed by atoms with Crippen LogP contribution in [0.25, 0.3) is 76.1 Å². The molecule has 2 heteroatoms. The fraction of sp³-hybridized carbons (Fsp3) is 0. The van der Waals surface area contributed by atoms with Gasteiger partial charge in [0.1, 0.15) is 11.5 Å². The van der Waals surface area contributed by atoms with Crippen molar-refractivity contribution in [1.82, 2.24) is 4.98 Å². The number of pyridine rings is 1. The maximum absolute atomic E-state index is 7.22. The largest absolute Gasteiger partial charge is 0.455 e. The summed E-state index contributed by atoms with van der Waals surface area (Å²) in [5, 5.41) is 11.5. The molecule has 0 amide bonds. The maximum Gasteiger partial charge on any atom is 0.143 e. The molecular weight excluding hydrogens is 546 g/mol. The predicted octanol–water partition coefficient (Wildman–Crippen LogP) is 12.0. The molecule has 210 valence electrons. The van der Waals surface area contributed by atoms with Gasteiger partial charge in [-0.15, -0.1) is 0 Å². The Bertz CT molecular complexity index is 2510. The van der Waals surface area contributed by atoms with Gasteiger partial charge in [0, 0.05) is 39.5 Å². The summed E-state index contributed by atoms with van der Waals surface area (Å²) in [6.45, 7) is 0. The Hall–Kier alpha value is -5.99. The van der Waals surface area contributed by atoms with Crippen LogP contribution in [0.1, 0.15) is 0 Å². The number of fused-ring (bicyclic) bond motifs is 6. The molecular formula is C43H27NO. The van der Waals surface area contributed by atoms with Crippen LogP contribution in [-0.2, 0) is 0 Å². The highest BCUT2D eigenvalue weighted by Gasteiger charge is 2.21. The smallest absolute Gasteiger partial charge is 0.143 e. The van der Waals surface area contributed by atoms with Crippen molar-refractivity contribution in [3.05, 3.63) is 164 Å². The Morgan fingerprint density at radius 3 is 1.82 bits per heavy atom. The van der Waals surface area contributed by atoms with Crippen molar-refractivity contribution in [2.24, 2.45) is 0 Å². The lowest BCUT2D eigenvalue weighted by Gasteiger charge is -2.21. The van der Waals surface area contributed by atoms with Crippen molar-refractivity contribution >= 4 is 53.9 Å². The van der Waals surface area contributed by atoms with Crippen LogP contribution < -0.4 is 4.74 Å². The van der Waals surface area contributed by atoms with E-state index in [2.05, 4.69) is 151 Å². The summed E-state index contributed by atoms with van der Waals surface area (Å²) in [7, 11) is 0. The van der Waals surface area contributed by atoms with Crippen molar-refractivity contribution in [2.75, 3.05) is 0 Å². The molecule has 45 heavy (non-hydrogen) atoms. The van der Waals surface area contributed by atoms with Crippen LogP contribution in [0.4, 0.5) is 0 Å². The second-order valence-corrected chi connectivity index (χ2v) is 11.5. The Kier molecular flexibility index (Phi) is 5.85. The maximum atomic E-state index is 7.22. The minimum absolute atomic E-state index is 0.838. The second-order valence-electron chi connectivity index (χ2n) is 11.5. The first kappa shape index (κ1) is 25.5. The Morgan fingerprint density at radius 1 is 0.378 bits per heavy atom. The number of rotatable bonds is 4. The van der Waals surface area contributed by atoms with E-state index in [-0.39, 0.29) is 0 Å². The van der Waals surface area contributed by atoms with Crippen LogP contribution >= 0.6 is 0 Å². The topological polar surface area (TPSA) is 22.1 Å². The highest BCUT2D eigenvalue weighted by molar-refractivity contribution is 6.23. The molecule has 0 radical (unpaired) electrons. The van der Waals surface area contributed by atoms with Crippen LogP contribution in [0.5, 0.6) is 11.5 Å². The molecule has 9 aromatic rings. The summed E-state index contributed by atoms with van der Waals surface area (Å²) < 4.78 is 7.22. The standard InChI is InChI=1S/C43H27NO/c1-2-12-28(13-3-1)33-23-22-29-14-4-7-17-32(29)42(33)45-43-37-21-11-10-20-36(37)41(40-27-44-25-24-38(40)43)39-26-30-15-5-6-16-31(30)34-18-8-9-19-35(34)39/h1-27H. The number of hydrogen-bond donors (Lipinski definition) is 0. The Balaban J connectivity index is 1.38. The van der Waals surface area contributed by atoms with E-state index >= 15 is 0 Å². The first-order chi connectivity index (χ1) is 22.3. The fourth-order valence-corrected chi connectivity index (χ4v) is 6.94. The molecule has 0 spiro atoms. The van der Waals surface area contributed by atoms with E-state index in [0.717, 1.165) is 54.9 Å². The molecule has 1 heterocycles. The first-order valence-corrected chi connectivity index (χ1v) is 15.3. The van der Waals surface area contributed by atoms with Gasteiger partial charge in [0.15, 0.2) is 0 Å². The van der Waals surface area contributed by atoms with Gasteiger partial charge in [-0.05, 0) is 67.2 Å². The summed E-state index contributed by atoms with van der Waals surface area (Å²) in [5.41, 5.74) is 4.54. The van der Waals surface area contributed by atoms with E-state index in [0.29, 0.717) is 0 Å². The molecule has 0 bridgehead atoms. The number of ether oxygens (including phenoxy) is 1. The SMILES string of the molecule is c1ccc(-c2ccc3ccccc3c2Oc2c3ccccc3c(-c3cc4ccccc4c4ccccc34)c3cnccc23)cc1. The van der Waals surface area contributed by atoms with Gasteiger partial charge in [0.05, 0.1) is 0 Å². The normalized spacial score (nSPS) is 11.6. The van der Waals surface area contributed by atoms with E-state index in [1.165, 1.54) is 32.7 Å². The average Bonchev–Trinajstić information content (AvgIpc) is 3.12. The quantitative estimate of drug-likeness (QED) is 0.154. The number of benzene rings is 8. The highest BCUT2D eigenvalue weighted by atomic mass is 16.5. The van der Waals surface area contributed by atoms with E-state index in [4.69, 9.17) is 4.74 Å². The minimum atomic E-state index is 0.838. The van der Waals surface area contributed by atoms with E-state index in [1.807, 2.05) is 18.5 Å². The zero-order valence-corrected chi connectivity index (χ0v) is 24.4. The second kappa shape index (κ2) is 10.3. The monoisotopic (exact) mass is 573 g/mol. The van der Waals surface area contributed by atoms with E-state index in [1.54, 1.807) is 0 Å². The molecule has 0 saturated carbocycles. The molecule has 0 aliphatic rings. The Morgan fingerprint density at radius 2 is 1.00 bits per heavy atom. The lowest BCUT2D eigenvalue weighted by Crippen LogP contribution is -1.95. The number of hydrogen-bond acceptors (Lipinski definition) is 2. The molecule has 0 unspecified atom stereocenters. The van der Waals surface area contributed by atoms with Crippen LogP contribution in [0.2, 0.25) is 0 Å². The van der Waals surface area contributed by atoms with Gasteiger partial charge in [0.25, 0.3) is 0 Å². The van der Waals surface area contributed by atoms with Crippen molar-refractivity contribution in [2.45, 2.75) is 0 Å². The third-order valence-corrected chi connectivity index (χ3v) is 8.98. The minimum Gasteiger partial charge on any atom is -0.455 e. The van der Waals surface area contributed by atoms with E-state index < -0.39 is 0 Å². The number of aromatic nitrogens is 1. The zero-order chi connectivity index (χ0) is 29.7. The van der Waals surface area contributed by atoms with Gasteiger partial charge in [0.2, 0.25) is 0 Å². The van der Waals surface area contributed by atoms with Crippen molar-refractivity contribution < 1.29 is 4.74 Å². The molecule has 9 rings (SSSR count). The molecule has 0 atom stereocenters. The van der Waals surface area contributed by atoms with Crippen molar-refractivity contribution in [3.8, 4) is 33.8 Å². The van der Waals surface area contributed by atoms with Crippen LogP contribution in [0, 0.1) is 0 Å². The fourth-order valence-electron chi connectivity index (χ4n) is 6.94. The van der Waals surface area contributed by atoms with Gasteiger partial charge < -0.3 is 4.74 Å². The van der Waals surface area contributed by atoms with Gasteiger partial charge in [-0.3, -0.25) is 4.98 Å². The van der Waals surface area contributed by atoms with Gasteiger partial charge in [-0.2, -0.15) is 0 Å². The van der Waals surface area contributed by atoms with Crippen LogP contribution in [0.15, 0.2) is 164 Å². The average molecular weight is 574 g/mol. The van der Waals surface area contributed by atoms with Crippen molar-refractivity contribution in [3.63, 3.8) is 0 Å². The van der Waals surface area contributed by atoms with Gasteiger partial charge in [-0.25, -0.2) is 0 Å². The predicted molar refractivity (Wildman–Crippen MR) is 189 cm³/mol. The molecule has 0 saturated heterocycles. The van der Waals surface area contributed by atoms with Crippen LogP contribution in [0.3, 0.4) is 0 Å². The molecule has 2 nitrogen and oxygen atoms in total. The van der Waals surface area contributed by atoms with Crippen LogP contribution in [-0.4, -0.2) is 4.98 Å². The van der Waals surface area contributed by atoms with E-state index in [9.17, 15) is 0 Å². The number of nitrogens with zero attached hydrogens (tertiary/aromatic N) is 1. The zero-order valence-electron chi connectivity index (χ0n) is 24.4. The molecule has 0 fully saturated rings.